The molecule has 1 aliphatic rings. The molecule has 0 aliphatic heterocycles. The molecule has 0 saturated heterocycles. The molecule has 19 heavy (non-hydrogen) atoms. The zero-order valence-electron chi connectivity index (χ0n) is 12.6. The van der Waals surface area contributed by atoms with Crippen molar-refractivity contribution in [3.8, 4) is 0 Å². The van der Waals surface area contributed by atoms with Crippen LogP contribution >= 0.6 is 15.9 Å². The van der Waals surface area contributed by atoms with E-state index >= 15 is 0 Å². The molecule has 0 radical (unpaired) electrons. The maximum Gasteiger partial charge on any atom is 0.191 e. The number of rotatable bonds is 6. The van der Waals surface area contributed by atoms with Crippen molar-refractivity contribution in [2.45, 2.75) is 52.2 Å². The second kappa shape index (κ2) is 6.36. The molecule has 0 aromatic heterocycles. The van der Waals surface area contributed by atoms with Gasteiger partial charge in [0.05, 0.1) is 12.6 Å². The van der Waals surface area contributed by atoms with Gasteiger partial charge >= 0.3 is 0 Å². The summed E-state index contributed by atoms with van der Waals surface area (Å²) in [6.07, 6.45) is 10.7. The number of halogens is 1. The quantitative estimate of drug-likeness (QED) is 0.467. The van der Waals surface area contributed by atoms with E-state index in [0.29, 0.717) is 0 Å². The van der Waals surface area contributed by atoms with Gasteiger partial charge in [0, 0.05) is 5.41 Å². The molecule has 0 heterocycles. The standard InChI is InChI=1S/C16H25BrOSi/c1-6-8-10-16(9-7-2)11-13(17)15(18)14(12-16)19(3,4)5/h7,11-12H,2,6,8-10H2,1,3-5H3. The predicted octanol–water partition coefficient (Wildman–Crippen LogP) is 5.40. The molecule has 1 nitrogen and oxygen atoms in total. The third-order valence-electron chi connectivity index (χ3n) is 3.64. The van der Waals surface area contributed by atoms with Crippen molar-refractivity contribution in [3.05, 3.63) is 34.5 Å². The minimum Gasteiger partial charge on any atom is -0.289 e. The molecule has 1 rings (SSSR count). The normalized spacial score (nSPS) is 23.9. The molecule has 1 unspecified atom stereocenters. The summed E-state index contributed by atoms with van der Waals surface area (Å²) in [5.74, 6) is 0.190. The first-order valence-electron chi connectivity index (χ1n) is 7.03. The van der Waals surface area contributed by atoms with Crippen LogP contribution in [0.1, 0.15) is 32.6 Å². The van der Waals surface area contributed by atoms with Crippen LogP contribution < -0.4 is 0 Å². The number of carbonyl (C=O) groups excluding carboxylic acids is 1. The van der Waals surface area contributed by atoms with Crippen LogP contribution in [-0.4, -0.2) is 13.9 Å². The van der Waals surface area contributed by atoms with E-state index in [-0.39, 0.29) is 11.2 Å². The Kier molecular flexibility index (Phi) is 5.57. The van der Waals surface area contributed by atoms with Crippen LogP contribution in [-0.2, 0) is 4.79 Å². The molecule has 0 spiro atoms. The van der Waals surface area contributed by atoms with Gasteiger partial charge in [0.2, 0.25) is 0 Å². The summed E-state index contributed by atoms with van der Waals surface area (Å²) in [6, 6.07) is 0. The van der Waals surface area contributed by atoms with Crippen LogP contribution in [0.2, 0.25) is 19.6 Å². The molecule has 0 amide bonds. The van der Waals surface area contributed by atoms with Gasteiger partial charge in [-0.3, -0.25) is 4.79 Å². The molecule has 0 N–H and O–H groups in total. The van der Waals surface area contributed by atoms with Crippen LogP contribution in [0, 0.1) is 5.41 Å². The topological polar surface area (TPSA) is 17.1 Å². The van der Waals surface area contributed by atoms with Gasteiger partial charge in [-0.1, -0.05) is 57.6 Å². The molecule has 1 atom stereocenters. The molecule has 0 aromatic rings. The summed E-state index contributed by atoms with van der Waals surface area (Å²) in [5, 5.41) is 1.06. The average molecular weight is 341 g/mol. The Balaban J connectivity index is 3.25. The molecule has 0 fully saturated rings. The average Bonchev–Trinajstić information content (AvgIpc) is 2.30. The van der Waals surface area contributed by atoms with Gasteiger partial charge in [0.1, 0.15) is 0 Å². The second-order valence-electron chi connectivity index (χ2n) is 6.46. The molecule has 0 saturated carbocycles. The lowest BCUT2D eigenvalue weighted by Gasteiger charge is -2.34. The van der Waals surface area contributed by atoms with Crippen molar-refractivity contribution in [2.24, 2.45) is 5.41 Å². The molecule has 3 heteroatoms. The van der Waals surface area contributed by atoms with Gasteiger partial charge < -0.3 is 0 Å². The van der Waals surface area contributed by atoms with Crippen molar-refractivity contribution in [1.29, 1.82) is 0 Å². The van der Waals surface area contributed by atoms with Crippen molar-refractivity contribution in [1.82, 2.24) is 0 Å². The number of ketones is 1. The largest absolute Gasteiger partial charge is 0.289 e. The fourth-order valence-corrected chi connectivity index (χ4v) is 4.93. The molecule has 0 aromatic carbocycles. The van der Waals surface area contributed by atoms with Gasteiger partial charge in [0.25, 0.3) is 0 Å². The molecule has 1 aliphatic carbocycles. The third-order valence-corrected chi connectivity index (χ3v) is 6.21. The Hall–Kier alpha value is -0.413. The van der Waals surface area contributed by atoms with E-state index in [9.17, 15) is 4.79 Å². The zero-order valence-corrected chi connectivity index (χ0v) is 15.1. The maximum absolute atomic E-state index is 12.4. The lowest BCUT2D eigenvalue weighted by molar-refractivity contribution is -0.111. The smallest absolute Gasteiger partial charge is 0.191 e. The van der Waals surface area contributed by atoms with E-state index in [2.05, 4.69) is 61.2 Å². The van der Waals surface area contributed by atoms with Crippen LogP contribution in [0.25, 0.3) is 0 Å². The number of hydrogen-bond donors (Lipinski definition) is 0. The highest BCUT2D eigenvalue weighted by Gasteiger charge is 2.36. The highest BCUT2D eigenvalue weighted by Crippen LogP contribution is 2.42. The van der Waals surface area contributed by atoms with Gasteiger partial charge in [0.15, 0.2) is 5.78 Å². The van der Waals surface area contributed by atoms with Crippen LogP contribution in [0.15, 0.2) is 34.5 Å². The monoisotopic (exact) mass is 340 g/mol. The Labute approximate surface area is 127 Å². The Bertz CT molecular complexity index is 429. The summed E-state index contributed by atoms with van der Waals surface area (Å²) in [4.78, 5) is 12.4. The second-order valence-corrected chi connectivity index (χ2v) is 12.4. The zero-order chi connectivity index (χ0) is 14.7. The Morgan fingerprint density at radius 3 is 2.47 bits per heavy atom. The number of Topliss-reactive ketones (excluding diaryl/α,β-unsaturated/α-hetero) is 1. The van der Waals surface area contributed by atoms with Crippen molar-refractivity contribution in [3.63, 3.8) is 0 Å². The first-order valence-corrected chi connectivity index (χ1v) is 11.3. The van der Waals surface area contributed by atoms with E-state index < -0.39 is 8.07 Å². The minimum atomic E-state index is -1.61. The van der Waals surface area contributed by atoms with Crippen LogP contribution in [0.5, 0.6) is 0 Å². The summed E-state index contributed by atoms with van der Waals surface area (Å²) in [5.41, 5.74) is -0.0138. The predicted molar refractivity (Wildman–Crippen MR) is 90.2 cm³/mol. The fourth-order valence-electron chi connectivity index (χ4n) is 2.54. The molecule has 106 valence electrons. The Morgan fingerprint density at radius 1 is 1.37 bits per heavy atom. The number of carbonyl (C=O) groups is 1. The first-order chi connectivity index (χ1) is 8.75. The highest BCUT2D eigenvalue weighted by molar-refractivity contribution is 9.12. The lowest BCUT2D eigenvalue weighted by Crippen LogP contribution is -2.35. The molecule has 0 bridgehead atoms. The highest BCUT2D eigenvalue weighted by atomic mass is 79.9. The first kappa shape index (κ1) is 16.6. The van der Waals surface area contributed by atoms with Gasteiger partial charge in [-0.05, 0) is 34.0 Å². The SMILES string of the molecule is C=CCC1(CCCC)C=C(Br)C(=O)C([Si](C)(C)C)=C1. The van der Waals surface area contributed by atoms with Crippen molar-refractivity contribution < 1.29 is 4.79 Å². The third kappa shape index (κ3) is 4.02. The number of hydrogen-bond acceptors (Lipinski definition) is 1. The molecular weight excluding hydrogens is 316 g/mol. The van der Waals surface area contributed by atoms with E-state index in [1.54, 1.807) is 0 Å². The summed E-state index contributed by atoms with van der Waals surface area (Å²) < 4.78 is 0.741. The summed E-state index contributed by atoms with van der Waals surface area (Å²) >= 11 is 3.48. The number of unbranched alkanes of at least 4 members (excludes halogenated alkanes) is 1. The number of allylic oxidation sites excluding steroid dienone is 5. The van der Waals surface area contributed by atoms with E-state index in [1.165, 1.54) is 12.8 Å². The van der Waals surface area contributed by atoms with Gasteiger partial charge in [-0.15, -0.1) is 6.58 Å². The maximum atomic E-state index is 12.4. The summed E-state index contributed by atoms with van der Waals surface area (Å²) in [6.45, 7) is 12.8. The van der Waals surface area contributed by atoms with Crippen LogP contribution in [0.3, 0.4) is 0 Å². The van der Waals surface area contributed by atoms with Crippen molar-refractivity contribution >= 4 is 29.8 Å². The van der Waals surface area contributed by atoms with Gasteiger partial charge in [-0.2, -0.15) is 0 Å². The Morgan fingerprint density at radius 2 is 2.00 bits per heavy atom. The van der Waals surface area contributed by atoms with Crippen molar-refractivity contribution in [2.75, 3.05) is 0 Å². The van der Waals surface area contributed by atoms with E-state index in [4.69, 9.17) is 0 Å². The van der Waals surface area contributed by atoms with Gasteiger partial charge in [-0.25, -0.2) is 0 Å². The van der Waals surface area contributed by atoms with Crippen LogP contribution in [0.4, 0.5) is 0 Å². The van der Waals surface area contributed by atoms with E-state index in [0.717, 1.165) is 22.5 Å². The lowest BCUT2D eigenvalue weighted by atomic mass is 9.76. The molecular formula is C16H25BrOSi. The minimum absolute atomic E-state index is 0.0138. The van der Waals surface area contributed by atoms with E-state index in [1.807, 2.05) is 6.08 Å². The fraction of sp³-hybridized carbons (Fsp3) is 0.562. The summed E-state index contributed by atoms with van der Waals surface area (Å²) in [7, 11) is -1.61.